The van der Waals surface area contributed by atoms with Crippen molar-refractivity contribution in [1.82, 2.24) is 5.32 Å². The smallest absolute Gasteiger partial charge is 0.326 e. The molecular weight excluding hydrogens is 297 g/mol. The van der Waals surface area contributed by atoms with Crippen molar-refractivity contribution < 1.29 is 19.1 Å². The van der Waals surface area contributed by atoms with Gasteiger partial charge < -0.3 is 10.4 Å². The highest BCUT2D eigenvalue weighted by Crippen LogP contribution is 2.08. The molecule has 120 valence electrons. The molecule has 0 fully saturated rings. The molecule has 5 heteroatoms. The molecule has 0 radical (unpaired) electrons. The van der Waals surface area contributed by atoms with Gasteiger partial charge in [-0.3, -0.25) is 4.79 Å². The molecule has 0 aromatic heterocycles. The van der Waals surface area contributed by atoms with Crippen molar-refractivity contribution in [3.8, 4) is 0 Å². The Morgan fingerprint density at radius 1 is 1.04 bits per heavy atom. The maximum Gasteiger partial charge on any atom is 0.326 e. The third-order valence-electron chi connectivity index (χ3n) is 3.47. The Hall–Kier alpha value is -2.69. The van der Waals surface area contributed by atoms with Crippen LogP contribution in [0.3, 0.4) is 0 Å². The first-order chi connectivity index (χ1) is 10.9. The van der Waals surface area contributed by atoms with Gasteiger partial charge in [0.15, 0.2) is 0 Å². The zero-order valence-corrected chi connectivity index (χ0v) is 12.8. The topological polar surface area (TPSA) is 66.4 Å². The van der Waals surface area contributed by atoms with Gasteiger partial charge in [0.05, 0.1) is 6.42 Å². The van der Waals surface area contributed by atoms with Gasteiger partial charge in [-0.1, -0.05) is 42.0 Å². The van der Waals surface area contributed by atoms with E-state index in [1.807, 2.05) is 31.2 Å². The van der Waals surface area contributed by atoms with Crippen molar-refractivity contribution in [2.75, 3.05) is 0 Å². The van der Waals surface area contributed by atoms with Crippen LogP contribution in [0.25, 0.3) is 0 Å². The lowest BCUT2D eigenvalue weighted by Gasteiger charge is -2.15. The summed E-state index contributed by atoms with van der Waals surface area (Å²) in [7, 11) is 0. The SMILES string of the molecule is Cc1ccc(C[C@@H](NC(=O)Cc2ccc(F)cc2)C(=O)O)cc1. The number of halogens is 1. The average molecular weight is 315 g/mol. The minimum atomic E-state index is -1.09. The first-order valence-corrected chi connectivity index (χ1v) is 7.26. The van der Waals surface area contributed by atoms with E-state index in [0.717, 1.165) is 11.1 Å². The zero-order valence-electron chi connectivity index (χ0n) is 12.8. The molecule has 2 aromatic rings. The van der Waals surface area contributed by atoms with Gasteiger partial charge in [0.1, 0.15) is 11.9 Å². The number of aliphatic carboxylic acids is 1. The second kappa shape index (κ2) is 7.54. The molecule has 2 rings (SSSR count). The fourth-order valence-electron chi connectivity index (χ4n) is 2.19. The Morgan fingerprint density at radius 3 is 2.17 bits per heavy atom. The minimum Gasteiger partial charge on any atom is -0.480 e. The Labute approximate surface area is 134 Å². The van der Waals surface area contributed by atoms with Crippen LogP contribution in [-0.2, 0) is 22.4 Å². The molecule has 0 heterocycles. The lowest BCUT2D eigenvalue weighted by atomic mass is 10.0. The molecule has 0 aliphatic rings. The van der Waals surface area contributed by atoms with E-state index in [4.69, 9.17) is 0 Å². The summed E-state index contributed by atoms with van der Waals surface area (Å²) >= 11 is 0. The van der Waals surface area contributed by atoms with Gasteiger partial charge in [-0.15, -0.1) is 0 Å². The molecule has 2 aromatic carbocycles. The molecule has 2 N–H and O–H groups in total. The number of carbonyl (C=O) groups excluding carboxylic acids is 1. The maximum atomic E-state index is 12.8. The van der Waals surface area contributed by atoms with Crippen molar-refractivity contribution in [3.63, 3.8) is 0 Å². The third-order valence-corrected chi connectivity index (χ3v) is 3.47. The lowest BCUT2D eigenvalue weighted by Crippen LogP contribution is -2.43. The van der Waals surface area contributed by atoms with Crippen LogP contribution in [0.1, 0.15) is 16.7 Å². The number of aryl methyl sites for hydroxylation is 1. The molecule has 1 atom stereocenters. The molecule has 0 bridgehead atoms. The van der Waals surface area contributed by atoms with E-state index < -0.39 is 17.9 Å². The predicted molar refractivity (Wildman–Crippen MR) is 84.6 cm³/mol. The van der Waals surface area contributed by atoms with Crippen molar-refractivity contribution in [3.05, 3.63) is 71.0 Å². The Kier molecular flexibility index (Phi) is 5.46. The van der Waals surface area contributed by atoms with Crippen molar-refractivity contribution >= 4 is 11.9 Å². The van der Waals surface area contributed by atoms with E-state index in [1.54, 1.807) is 0 Å². The standard InChI is InChI=1S/C18H18FNO3/c1-12-2-4-13(5-3-12)10-16(18(22)23)20-17(21)11-14-6-8-15(19)9-7-14/h2-9,16H,10-11H2,1H3,(H,20,21)(H,22,23)/t16-/m1/s1. The summed E-state index contributed by atoms with van der Waals surface area (Å²) in [6.45, 7) is 1.95. The zero-order chi connectivity index (χ0) is 16.8. The monoisotopic (exact) mass is 315 g/mol. The maximum absolute atomic E-state index is 12.8. The van der Waals surface area contributed by atoms with Crippen LogP contribution in [0.15, 0.2) is 48.5 Å². The summed E-state index contributed by atoms with van der Waals surface area (Å²) in [5, 5.41) is 11.8. The second-order valence-corrected chi connectivity index (χ2v) is 5.45. The molecule has 0 saturated carbocycles. The van der Waals surface area contributed by atoms with Gasteiger partial charge in [0.25, 0.3) is 0 Å². The van der Waals surface area contributed by atoms with Crippen LogP contribution in [0, 0.1) is 12.7 Å². The molecular formula is C18H18FNO3. The lowest BCUT2D eigenvalue weighted by molar-refractivity contribution is -0.141. The highest BCUT2D eigenvalue weighted by molar-refractivity contribution is 5.85. The largest absolute Gasteiger partial charge is 0.480 e. The van der Waals surface area contributed by atoms with Gasteiger partial charge in [-0.25, -0.2) is 9.18 Å². The molecule has 0 aliphatic heterocycles. The van der Waals surface area contributed by atoms with Gasteiger partial charge in [0.2, 0.25) is 5.91 Å². The van der Waals surface area contributed by atoms with E-state index in [2.05, 4.69) is 5.32 Å². The van der Waals surface area contributed by atoms with Crippen LogP contribution >= 0.6 is 0 Å². The second-order valence-electron chi connectivity index (χ2n) is 5.45. The van der Waals surface area contributed by atoms with E-state index in [1.165, 1.54) is 24.3 Å². The van der Waals surface area contributed by atoms with Gasteiger partial charge in [-0.2, -0.15) is 0 Å². The number of benzene rings is 2. The Bertz CT molecular complexity index is 680. The summed E-state index contributed by atoms with van der Waals surface area (Å²) in [6.07, 6.45) is 0.225. The summed E-state index contributed by atoms with van der Waals surface area (Å²) in [5.41, 5.74) is 2.55. The number of carboxylic acid groups (broad SMARTS) is 1. The van der Waals surface area contributed by atoms with Gasteiger partial charge >= 0.3 is 5.97 Å². The Morgan fingerprint density at radius 2 is 1.61 bits per heavy atom. The Balaban J connectivity index is 1.98. The third kappa shape index (κ3) is 5.21. The van der Waals surface area contributed by atoms with Crippen LogP contribution in [0.4, 0.5) is 4.39 Å². The summed E-state index contributed by atoms with van der Waals surface area (Å²) in [5.74, 6) is -1.87. The molecule has 23 heavy (non-hydrogen) atoms. The number of hydrogen-bond donors (Lipinski definition) is 2. The number of amides is 1. The van der Waals surface area contributed by atoms with Crippen LogP contribution in [-0.4, -0.2) is 23.0 Å². The molecule has 4 nitrogen and oxygen atoms in total. The summed E-state index contributed by atoms with van der Waals surface area (Å²) in [4.78, 5) is 23.3. The first-order valence-electron chi connectivity index (χ1n) is 7.26. The number of carbonyl (C=O) groups is 2. The molecule has 0 unspecified atom stereocenters. The van der Waals surface area contributed by atoms with E-state index >= 15 is 0 Å². The first kappa shape index (κ1) is 16.7. The van der Waals surface area contributed by atoms with Crippen molar-refractivity contribution in [2.24, 2.45) is 0 Å². The minimum absolute atomic E-state index is 0.0119. The number of rotatable bonds is 6. The molecule has 0 saturated heterocycles. The van der Waals surface area contributed by atoms with E-state index in [9.17, 15) is 19.1 Å². The highest BCUT2D eigenvalue weighted by atomic mass is 19.1. The quantitative estimate of drug-likeness (QED) is 0.860. The fourth-order valence-corrected chi connectivity index (χ4v) is 2.19. The fraction of sp³-hybridized carbons (Fsp3) is 0.222. The number of carboxylic acids is 1. The number of nitrogens with one attached hydrogen (secondary N) is 1. The van der Waals surface area contributed by atoms with Crippen LogP contribution in [0.2, 0.25) is 0 Å². The van der Waals surface area contributed by atoms with Gasteiger partial charge in [0, 0.05) is 6.42 Å². The predicted octanol–water partition coefficient (Wildman–Crippen LogP) is 2.49. The summed E-state index contributed by atoms with van der Waals surface area (Å²) < 4.78 is 12.8. The molecule has 0 spiro atoms. The van der Waals surface area contributed by atoms with E-state index in [-0.39, 0.29) is 18.7 Å². The number of hydrogen-bond acceptors (Lipinski definition) is 2. The van der Waals surface area contributed by atoms with Crippen LogP contribution < -0.4 is 5.32 Å². The molecule has 1 amide bonds. The van der Waals surface area contributed by atoms with Crippen molar-refractivity contribution in [1.29, 1.82) is 0 Å². The van der Waals surface area contributed by atoms with Crippen LogP contribution in [0.5, 0.6) is 0 Å². The van der Waals surface area contributed by atoms with E-state index in [0.29, 0.717) is 5.56 Å². The average Bonchev–Trinajstić information content (AvgIpc) is 2.51. The normalized spacial score (nSPS) is 11.7. The highest BCUT2D eigenvalue weighted by Gasteiger charge is 2.20. The summed E-state index contributed by atoms with van der Waals surface area (Å²) in [6, 6.07) is 12.0. The van der Waals surface area contributed by atoms with Gasteiger partial charge in [-0.05, 0) is 30.2 Å². The van der Waals surface area contributed by atoms with Crippen molar-refractivity contribution in [2.45, 2.75) is 25.8 Å². The molecule has 0 aliphatic carbocycles.